The number of ketones is 1. The Kier molecular flexibility index (Phi) is 4.40. The van der Waals surface area contributed by atoms with Crippen LogP contribution in [-0.2, 0) is 10.3 Å². The molecule has 2 amide bonds. The minimum atomic E-state index is -1.84. The minimum Gasteiger partial charge on any atom is -0.450 e. The lowest BCUT2D eigenvalue weighted by molar-refractivity contribution is -0.121. The number of benzene rings is 2. The summed E-state index contributed by atoms with van der Waals surface area (Å²) in [6.07, 6.45) is 0. The lowest BCUT2D eigenvalue weighted by Gasteiger charge is -2.31. The van der Waals surface area contributed by atoms with E-state index >= 15 is 0 Å². The van der Waals surface area contributed by atoms with Gasteiger partial charge in [0.25, 0.3) is 11.8 Å². The molecule has 2 aromatic carbocycles. The standard InChI is InChI=1S/C25H16ClN3O5S/c1-11-21(12(2)30)35-24(27-11)29-22(32)20-18(19(31)14-10-13(26)8-9-17(14)34-20)25(29)15-6-4-5-7-16(15)28(3)23(25)33/h4-10H,1-3H3. The number of aromatic nitrogens is 1. The number of carbonyl (C=O) groups is 3. The third kappa shape index (κ3) is 2.59. The van der Waals surface area contributed by atoms with Gasteiger partial charge in [-0.2, -0.15) is 0 Å². The van der Waals surface area contributed by atoms with E-state index in [-0.39, 0.29) is 33.2 Å². The van der Waals surface area contributed by atoms with Crippen LogP contribution in [0.15, 0.2) is 51.7 Å². The fourth-order valence-corrected chi connectivity index (χ4v) is 6.23. The zero-order valence-corrected chi connectivity index (χ0v) is 20.3. The molecule has 8 nitrogen and oxygen atoms in total. The van der Waals surface area contributed by atoms with Crippen molar-refractivity contribution in [1.82, 2.24) is 4.98 Å². The molecular weight excluding hydrogens is 490 g/mol. The number of likely N-dealkylation sites (N-methyl/N-ethyl adjacent to an activating group) is 1. The topological polar surface area (TPSA) is 101 Å². The van der Waals surface area contributed by atoms with Crippen LogP contribution in [0, 0.1) is 6.92 Å². The Morgan fingerprint density at radius 2 is 1.89 bits per heavy atom. The highest BCUT2D eigenvalue weighted by Crippen LogP contribution is 2.54. The van der Waals surface area contributed by atoms with Crippen molar-refractivity contribution >= 4 is 62.3 Å². The van der Waals surface area contributed by atoms with Crippen molar-refractivity contribution in [3.63, 3.8) is 0 Å². The Morgan fingerprint density at radius 3 is 2.60 bits per heavy atom. The quantitative estimate of drug-likeness (QED) is 0.377. The second kappa shape index (κ2) is 7.10. The Morgan fingerprint density at radius 1 is 1.14 bits per heavy atom. The number of rotatable bonds is 2. The molecule has 0 saturated heterocycles. The van der Waals surface area contributed by atoms with Crippen molar-refractivity contribution in [2.24, 2.45) is 0 Å². The molecule has 0 radical (unpaired) electrons. The zero-order chi connectivity index (χ0) is 24.8. The molecule has 1 unspecified atom stereocenters. The summed E-state index contributed by atoms with van der Waals surface area (Å²) in [5.41, 5.74) is -0.850. The summed E-state index contributed by atoms with van der Waals surface area (Å²) in [6.45, 7) is 3.07. The van der Waals surface area contributed by atoms with Crippen LogP contribution in [-0.4, -0.2) is 29.6 Å². The van der Waals surface area contributed by atoms with E-state index < -0.39 is 22.8 Å². The van der Waals surface area contributed by atoms with Crippen LogP contribution in [0.2, 0.25) is 5.02 Å². The third-order valence-electron chi connectivity index (χ3n) is 6.51. The number of hydrogen-bond donors (Lipinski definition) is 0. The van der Waals surface area contributed by atoms with Gasteiger partial charge in [-0.15, -0.1) is 0 Å². The molecule has 4 aromatic rings. The Bertz CT molecular complexity index is 1710. The zero-order valence-electron chi connectivity index (χ0n) is 18.7. The molecule has 1 spiro atoms. The molecular formula is C25H16ClN3O5S. The fraction of sp³-hybridized carbons (Fsp3) is 0.160. The summed E-state index contributed by atoms with van der Waals surface area (Å²) in [7, 11) is 1.59. The number of carbonyl (C=O) groups excluding carboxylic acids is 3. The molecule has 35 heavy (non-hydrogen) atoms. The van der Waals surface area contributed by atoms with Gasteiger partial charge >= 0.3 is 0 Å². The van der Waals surface area contributed by atoms with Crippen molar-refractivity contribution in [2.75, 3.05) is 16.8 Å². The number of hydrogen-bond acceptors (Lipinski definition) is 7. The average molecular weight is 506 g/mol. The molecule has 0 saturated carbocycles. The first kappa shape index (κ1) is 21.7. The Hall–Kier alpha value is -3.82. The van der Waals surface area contributed by atoms with Gasteiger partial charge < -0.3 is 9.32 Å². The van der Waals surface area contributed by atoms with Crippen LogP contribution in [0.25, 0.3) is 11.0 Å². The number of amides is 2. The van der Waals surface area contributed by atoms with E-state index in [2.05, 4.69) is 4.98 Å². The minimum absolute atomic E-state index is 0.0868. The van der Waals surface area contributed by atoms with E-state index in [1.54, 1.807) is 44.3 Å². The fourth-order valence-electron chi connectivity index (χ4n) is 5.04. The van der Waals surface area contributed by atoms with Crippen LogP contribution >= 0.6 is 22.9 Å². The molecule has 0 fully saturated rings. The summed E-state index contributed by atoms with van der Waals surface area (Å²) >= 11 is 7.15. The van der Waals surface area contributed by atoms with Gasteiger partial charge in [0.15, 0.2) is 21.9 Å². The molecule has 2 aromatic heterocycles. The van der Waals surface area contributed by atoms with E-state index in [1.165, 1.54) is 28.9 Å². The first-order chi connectivity index (χ1) is 16.7. The highest BCUT2D eigenvalue weighted by Gasteiger charge is 2.65. The molecule has 174 valence electrons. The van der Waals surface area contributed by atoms with Gasteiger partial charge in [0.1, 0.15) is 5.58 Å². The summed E-state index contributed by atoms with van der Waals surface area (Å²) in [5, 5.41) is 0.603. The van der Waals surface area contributed by atoms with Crippen molar-refractivity contribution < 1.29 is 18.8 Å². The summed E-state index contributed by atoms with van der Waals surface area (Å²) in [5.74, 6) is -1.64. The number of thiazole rings is 1. The van der Waals surface area contributed by atoms with Gasteiger partial charge in [0.2, 0.25) is 5.76 Å². The molecule has 6 rings (SSSR count). The number of nitrogens with zero attached hydrogens (tertiary/aromatic N) is 3. The molecule has 1 atom stereocenters. The summed E-state index contributed by atoms with van der Waals surface area (Å²) in [6, 6.07) is 11.5. The first-order valence-electron chi connectivity index (χ1n) is 10.6. The van der Waals surface area contributed by atoms with Crippen molar-refractivity contribution in [3.05, 3.63) is 85.2 Å². The highest BCUT2D eigenvalue weighted by molar-refractivity contribution is 7.17. The van der Waals surface area contributed by atoms with E-state index in [0.29, 0.717) is 26.8 Å². The molecule has 10 heteroatoms. The number of aryl methyl sites for hydroxylation is 1. The van der Waals surface area contributed by atoms with Gasteiger partial charge in [0.05, 0.1) is 21.5 Å². The maximum absolute atomic E-state index is 14.1. The summed E-state index contributed by atoms with van der Waals surface area (Å²) < 4.78 is 5.96. The monoisotopic (exact) mass is 505 g/mol. The van der Waals surface area contributed by atoms with E-state index in [0.717, 1.165) is 11.3 Å². The Labute approximate surface area is 207 Å². The van der Waals surface area contributed by atoms with E-state index in [4.69, 9.17) is 16.0 Å². The van der Waals surface area contributed by atoms with Crippen LogP contribution < -0.4 is 15.2 Å². The Balaban J connectivity index is 1.78. The van der Waals surface area contributed by atoms with Crippen molar-refractivity contribution in [2.45, 2.75) is 19.4 Å². The largest absolute Gasteiger partial charge is 0.450 e. The number of Topliss-reactive ketones (excluding diaryl/α,β-unsaturated/α-hetero) is 1. The van der Waals surface area contributed by atoms with Gasteiger partial charge in [-0.3, -0.25) is 24.1 Å². The van der Waals surface area contributed by atoms with Crippen LogP contribution in [0.1, 0.15) is 44.0 Å². The van der Waals surface area contributed by atoms with Gasteiger partial charge in [-0.1, -0.05) is 41.1 Å². The van der Waals surface area contributed by atoms with E-state index in [1.807, 2.05) is 0 Å². The van der Waals surface area contributed by atoms with Crippen molar-refractivity contribution in [3.8, 4) is 0 Å². The predicted molar refractivity (Wildman–Crippen MR) is 132 cm³/mol. The molecule has 4 heterocycles. The van der Waals surface area contributed by atoms with Gasteiger partial charge in [-0.05, 0) is 31.2 Å². The van der Waals surface area contributed by atoms with Crippen LogP contribution in [0.4, 0.5) is 10.8 Å². The van der Waals surface area contributed by atoms with Gasteiger partial charge in [-0.25, -0.2) is 4.98 Å². The van der Waals surface area contributed by atoms with Crippen LogP contribution in [0.5, 0.6) is 0 Å². The first-order valence-corrected chi connectivity index (χ1v) is 11.8. The van der Waals surface area contributed by atoms with Crippen molar-refractivity contribution in [1.29, 1.82) is 0 Å². The highest BCUT2D eigenvalue weighted by atomic mass is 35.5. The molecule has 2 aliphatic heterocycles. The lowest BCUT2D eigenvalue weighted by Crippen LogP contribution is -2.53. The summed E-state index contributed by atoms with van der Waals surface area (Å²) in [4.78, 5) is 61.6. The molecule has 0 N–H and O–H groups in total. The maximum atomic E-state index is 14.1. The second-order valence-electron chi connectivity index (χ2n) is 8.48. The molecule has 0 aliphatic carbocycles. The van der Waals surface area contributed by atoms with E-state index in [9.17, 15) is 19.2 Å². The normalized spacial score (nSPS) is 18.6. The molecule has 0 bridgehead atoms. The molecule has 2 aliphatic rings. The second-order valence-corrected chi connectivity index (χ2v) is 9.89. The average Bonchev–Trinajstić information content (AvgIpc) is 3.41. The predicted octanol–water partition coefficient (Wildman–Crippen LogP) is 4.29. The third-order valence-corrected chi connectivity index (χ3v) is 7.99. The number of halogens is 1. The lowest BCUT2D eigenvalue weighted by atomic mass is 9.84. The number of para-hydroxylation sites is 1. The number of anilines is 2. The SMILES string of the molecule is CC(=O)c1sc(N2C(=O)c3oc4ccc(Cl)cc4c(=O)c3C23C(=O)N(C)c2ccccc23)nc1C. The number of fused-ring (bicyclic) bond motifs is 5. The van der Waals surface area contributed by atoms with Gasteiger partial charge in [0, 0.05) is 30.2 Å². The van der Waals surface area contributed by atoms with Crippen LogP contribution in [0.3, 0.4) is 0 Å². The maximum Gasteiger partial charge on any atom is 0.297 e. The smallest absolute Gasteiger partial charge is 0.297 e.